The van der Waals surface area contributed by atoms with Crippen LogP contribution in [0.15, 0.2) is 18.2 Å². The molecular formula is C15H16F2N2O4S. The Kier molecular flexibility index (Phi) is 6.13. The zero-order chi connectivity index (χ0) is 17.7. The van der Waals surface area contributed by atoms with E-state index in [-0.39, 0.29) is 37.5 Å². The molecule has 24 heavy (non-hydrogen) atoms. The van der Waals surface area contributed by atoms with Crippen LogP contribution in [0.4, 0.5) is 8.78 Å². The molecule has 0 saturated carbocycles. The van der Waals surface area contributed by atoms with E-state index in [0.29, 0.717) is 11.6 Å². The fourth-order valence-electron chi connectivity index (χ4n) is 2.20. The molecular weight excluding hydrogens is 342 g/mol. The van der Waals surface area contributed by atoms with Crippen LogP contribution in [0.3, 0.4) is 0 Å². The van der Waals surface area contributed by atoms with Crippen molar-refractivity contribution in [2.75, 3.05) is 24.7 Å². The lowest BCUT2D eigenvalue weighted by molar-refractivity contribution is -0.141. The summed E-state index contributed by atoms with van der Waals surface area (Å²) in [5.74, 6) is -3.23. The Morgan fingerprint density at radius 3 is 2.71 bits per heavy atom. The van der Waals surface area contributed by atoms with Gasteiger partial charge in [-0.25, -0.2) is 8.78 Å². The van der Waals surface area contributed by atoms with E-state index in [1.54, 1.807) is 0 Å². The number of benzene rings is 1. The molecule has 2 amide bonds. The second-order valence-electron chi connectivity index (χ2n) is 5.24. The van der Waals surface area contributed by atoms with E-state index in [2.05, 4.69) is 0 Å². The van der Waals surface area contributed by atoms with Gasteiger partial charge in [0.25, 0.3) is 0 Å². The van der Waals surface area contributed by atoms with Crippen molar-refractivity contribution in [3.63, 3.8) is 0 Å². The Labute approximate surface area is 141 Å². The highest BCUT2D eigenvalue weighted by atomic mass is 32.2. The van der Waals surface area contributed by atoms with Crippen LogP contribution < -0.4 is 0 Å². The highest BCUT2D eigenvalue weighted by Crippen LogP contribution is 2.17. The predicted molar refractivity (Wildman–Crippen MR) is 83.1 cm³/mol. The number of carbonyl (C=O) groups excluding carboxylic acids is 2. The Morgan fingerprint density at radius 1 is 1.33 bits per heavy atom. The number of hydrogen-bond donors (Lipinski definition) is 1. The summed E-state index contributed by atoms with van der Waals surface area (Å²) >= 11 is 1.37. The van der Waals surface area contributed by atoms with Crippen molar-refractivity contribution in [2.45, 2.75) is 13.0 Å². The van der Waals surface area contributed by atoms with Gasteiger partial charge in [-0.05, 0) is 6.07 Å². The lowest BCUT2D eigenvalue weighted by Crippen LogP contribution is -2.41. The van der Waals surface area contributed by atoms with Crippen molar-refractivity contribution < 1.29 is 28.3 Å². The lowest BCUT2D eigenvalue weighted by Gasteiger charge is -2.25. The zero-order valence-electron chi connectivity index (χ0n) is 12.7. The average Bonchev–Trinajstić information content (AvgIpc) is 2.92. The summed E-state index contributed by atoms with van der Waals surface area (Å²) in [7, 11) is 0. The van der Waals surface area contributed by atoms with Crippen molar-refractivity contribution in [1.29, 1.82) is 0 Å². The first-order valence-electron chi connectivity index (χ1n) is 7.16. The van der Waals surface area contributed by atoms with Crippen LogP contribution in [0.2, 0.25) is 0 Å². The van der Waals surface area contributed by atoms with E-state index in [1.165, 1.54) is 28.8 Å². The molecule has 0 aromatic heterocycles. The van der Waals surface area contributed by atoms with Crippen molar-refractivity contribution in [2.24, 2.45) is 0 Å². The minimum atomic E-state index is -1.11. The summed E-state index contributed by atoms with van der Waals surface area (Å²) in [6.45, 7) is -0.618. The number of carbonyl (C=O) groups is 3. The molecule has 1 aromatic rings. The van der Waals surface area contributed by atoms with E-state index >= 15 is 0 Å². The number of amides is 2. The largest absolute Gasteiger partial charge is 0.481 e. The molecule has 6 nitrogen and oxygen atoms in total. The van der Waals surface area contributed by atoms with Gasteiger partial charge in [-0.15, -0.1) is 11.8 Å². The van der Waals surface area contributed by atoms with Gasteiger partial charge in [-0.2, -0.15) is 0 Å². The molecule has 1 saturated heterocycles. The van der Waals surface area contributed by atoms with Gasteiger partial charge < -0.3 is 14.9 Å². The molecule has 0 radical (unpaired) electrons. The van der Waals surface area contributed by atoms with E-state index in [9.17, 15) is 23.2 Å². The van der Waals surface area contributed by atoms with Gasteiger partial charge in [-0.3, -0.25) is 14.4 Å². The monoisotopic (exact) mass is 358 g/mol. The van der Waals surface area contributed by atoms with Gasteiger partial charge in [0, 0.05) is 18.7 Å². The quantitative estimate of drug-likeness (QED) is 0.795. The average molecular weight is 358 g/mol. The molecule has 0 bridgehead atoms. The molecule has 0 atom stereocenters. The summed E-state index contributed by atoms with van der Waals surface area (Å²) in [5.41, 5.74) is -0.0455. The molecule has 0 aliphatic carbocycles. The van der Waals surface area contributed by atoms with E-state index < -0.39 is 23.5 Å². The Morgan fingerprint density at radius 2 is 2.08 bits per heavy atom. The van der Waals surface area contributed by atoms with Crippen molar-refractivity contribution in [3.05, 3.63) is 35.4 Å². The minimum Gasteiger partial charge on any atom is -0.481 e. The smallest absolute Gasteiger partial charge is 0.305 e. The molecule has 1 aliphatic rings. The molecule has 1 fully saturated rings. The summed E-state index contributed by atoms with van der Waals surface area (Å²) in [4.78, 5) is 37.2. The number of carboxylic acid groups (broad SMARTS) is 1. The highest BCUT2D eigenvalue weighted by Gasteiger charge is 2.26. The molecule has 0 unspecified atom stereocenters. The minimum absolute atomic E-state index is 0.0455. The van der Waals surface area contributed by atoms with Crippen LogP contribution >= 0.6 is 11.8 Å². The maximum absolute atomic E-state index is 13.8. The van der Waals surface area contributed by atoms with Crippen molar-refractivity contribution in [1.82, 2.24) is 9.80 Å². The fourth-order valence-corrected chi connectivity index (χ4v) is 3.11. The van der Waals surface area contributed by atoms with Gasteiger partial charge in [0.2, 0.25) is 11.8 Å². The second kappa shape index (κ2) is 8.09. The molecule has 2 rings (SSSR count). The van der Waals surface area contributed by atoms with Crippen LogP contribution in [-0.2, 0) is 20.9 Å². The first-order valence-corrected chi connectivity index (χ1v) is 8.32. The summed E-state index contributed by atoms with van der Waals surface area (Å²) in [6, 6.07) is 3.60. The number of rotatable bonds is 7. The maximum atomic E-state index is 13.8. The molecule has 1 aromatic carbocycles. The summed E-state index contributed by atoms with van der Waals surface area (Å²) in [5, 5.41) is 8.80. The van der Waals surface area contributed by atoms with Crippen LogP contribution in [-0.4, -0.2) is 57.4 Å². The van der Waals surface area contributed by atoms with E-state index in [1.807, 2.05) is 0 Å². The maximum Gasteiger partial charge on any atom is 0.305 e. The van der Waals surface area contributed by atoms with Crippen LogP contribution in [0, 0.1) is 11.6 Å². The highest BCUT2D eigenvalue weighted by molar-refractivity contribution is 8.00. The number of aliphatic carboxylic acids is 1. The van der Waals surface area contributed by atoms with Crippen molar-refractivity contribution >= 4 is 29.5 Å². The van der Waals surface area contributed by atoms with Crippen LogP contribution in [0.5, 0.6) is 0 Å². The normalized spacial score (nSPS) is 14.1. The Hall–Kier alpha value is -2.16. The number of nitrogens with zero attached hydrogens (tertiary/aromatic N) is 2. The third-order valence-corrected chi connectivity index (χ3v) is 4.44. The number of halogens is 2. The van der Waals surface area contributed by atoms with Gasteiger partial charge in [0.1, 0.15) is 6.54 Å². The standard InChI is InChI=1S/C15H16F2N2O4S/c16-11-3-1-2-10(15(11)17)6-18(5-4-14(22)23)12(20)7-19-9-24-8-13(19)21/h1-3H,4-9H2,(H,22,23). The van der Waals surface area contributed by atoms with E-state index in [0.717, 1.165) is 11.0 Å². The van der Waals surface area contributed by atoms with Gasteiger partial charge in [0.05, 0.1) is 18.1 Å². The third kappa shape index (κ3) is 4.67. The molecule has 1 aliphatic heterocycles. The fraction of sp³-hybridized carbons (Fsp3) is 0.400. The molecule has 1 N–H and O–H groups in total. The summed E-state index contributed by atoms with van der Waals surface area (Å²) < 4.78 is 27.1. The molecule has 1 heterocycles. The zero-order valence-corrected chi connectivity index (χ0v) is 13.5. The summed E-state index contributed by atoms with van der Waals surface area (Å²) in [6.07, 6.45) is -0.328. The van der Waals surface area contributed by atoms with Crippen LogP contribution in [0.25, 0.3) is 0 Å². The number of carboxylic acids is 1. The Bertz CT molecular complexity index is 656. The number of hydrogen-bond acceptors (Lipinski definition) is 4. The topological polar surface area (TPSA) is 77.9 Å². The molecule has 9 heteroatoms. The SMILES string of the molecule is O=C(O)CCN(Cc1cccc(F)c1F)C(=O)CN1CSCC1=O. The lowest BCUT2D eigenvalue weighted by atomic mass is 10.2. The van der Waals surface area contributed by atoms with E-state index in [4.69, 9.17) is 5.11 Å². The third-order valence-electron chi connectivity index (χ3n) is 3.49. The molecule has 0 spiro atoms. The Balaban J connectivity index is 2.11. The predicted octanol–water partition coefficient (Wildman–Crippen LogP) is 1.30. The van der Waals surface area contributed by atoms with Gasteiger partial charge in [0.15, 0.2) is 11.6 Å². The first kappa shape index (κ1) is 18.2. The first-order chi connectivity index (χ1) is 11.4. The van der Waals surface area contributed by atoms with Crippen LogP contribution in [0.1, 0.15) is 12.0 Å². The molecule has 130 valence electrons. The van der Waals surface area contributed by atoms with Gasteiger partial charge >= 0.3 is 5.97 Å². The van der Waals surface area contributed by atoms with Crippen molar-refractivity contribution in [3.8, 4) is 0 Å². The number of thioether (sulfide) groups is 1. The van der Waals surface area contributed by atoms with Gasteiger partial charge in [-0.1, -0.05) is 12.1 Å². The second-order valence-corrected chi connectivity index (χ2v) is 6.20.